The molecule has 2 aromatic heterocycles. The molecular formula is C11H8N2O4S. The van der Waals surface area contributed by atoms with Gasteiger partial charge in [0.05, 0.1) is 0 Å². The zero-order valence-corrected chi connectivity index (χ0v) is 9.81. The Kier molecular flexibility index (Phi) is 3.33. The SMILES string of the molecule is NC(=O)c1cc(Sc2ccc(C(=O)O)o2)ccn1. The molecule has 0 unspecified atom stereocenters. The van der Waals surface area contributed by atoms with E-state index in [1.54, 1.807) is 12.1 Å². The largest absolute Gasteiger partial charge is 0.475 e. The molecule has 0 aliphatic carbocycles. The van der Waals surface area contributed by atoms with Crippen molar-refractivity contribution in [1.29, 1.82) is 0 Å². The molecular weight excluding hydrogens is 256 g/mol. The highest BCUT2D eigenvalue weighted by Crippen LogP contribution is 2.29. The second-order valence-electron chi connectivity index (χ2n) is 3.27. The molecule has 0 aromatic carbocycles. The van der Waals surface area contributed by atoms with Gasteiger partial charge >= 0.3 is 5.97 Å². The summed E-state index contributed by atoms with van der Waals surface area (Å²) in [4.78, 5) is 26.1. The number of amides is 1. The van der Waals surface area contributed by atoms with Crippen LogP contribution in [0.4, 0.5) is 0 Å². The average molecular weight is 264 g/mol. The smallest absolute Gasteiger partial charge is 0.371 e. The summed E-state index contributed by atoms with van der Waals surface area (Å²) in [5, 5.41) is 9.12. The molecule has 18 heavy (non-hydrogen) atoms. The molecule has 2 rings (SSSR count). The first-order chi connectivity index (χ1) is 8.56. The van der Waals surface area contributed by atoms with Crippen LogP contribution >= 0.6 is 11.8 Å². The lowest BCUT2D eigenvalue weighted by molar-refractivity contribution is 0.0656. The van der Waals surface area contributed by atoms with Crippen molar-refractivity contribution in [2.75, 3.05) is 0 Å². The van der Waals surface area contributed by atoms with Crippen LogP contribution in [0.3, 0.4) is 0 Å². The topological polar surface area (TPSA) is 106 Å². The maximum absolute atomic E-state index is 10.9. The van der Waals surface area contributed by atoms with E-state index in [4.69, 9.17) is 15.3 Å². The molecule has 0 spiro atoms. The Balaban J connectivity index is 2.20. The number of carboxylic acids is 1. The van der Waals surface area contributed by atoms with Gasteiger partial charge in [-0.25, -0.2) is 4.79 Å². The number of nitrogens with two attached hydrogens (primary N) is 1. The molecule has 6 nitrogen and oxygen atoms in total. The molecule has 0 saturated carbocycles. The summed E-state index contributed by atoms with van der Waals surface area (Å²) in [5.41, 5.74) is 5.25. The van der Waals surface area contributed by atoms with Gasteiger partial charge in [0.1, 0.15) is 5.69 Å². The van der Waals surface area contributed by atoms with Crippen LogP contribution in [-0.4, -0.2) is 22.0 Å². The monoisotopic (exact) mass is 264 g/mol. The lowest BCUT2D eigenvalue weighted by Crippen LogP contribution is -2.12. The third-order valence-electron chi connectivity index (χ3n) is 1.99. The van der Waals surface area contributed by atoms with Crippen LogP contribution in [-0.2, 0) is 0 Å². The van der Waals surface area contributed by atoms with Gasteiger partial charge in [0.25, 0.3) is 5.91 Å². The zero-order chi connectivity index (χ0) is 13.1. The van der Waals surface area contributed by atoms with Gasteiger partial charge in [0.15, 0.2) is 5.09 Å². The number of hydrogen-bond acceptors (Lipinski definition) is 5. The zero-order valence-electron chi connectivity index (χ0n) is 8.99. The van der Waals surface area contributed by atoms with Crippen molar-refractivity contribution in [3.05, 3.63) is 41.9 Å². The number of carboxylic acid groups (broad SMARTS) is 1. The number of aromatic nitrogens is 1. The molecule has 0 bridgehead atoms. The quantitative estimate of drug-likeness (QED) is 0.869. The normalized spacial score (nSPS) is 10.2. The van der Waals surface area contributed by atoms with Crippen molar-refractivity contribution in [3.8, 4) is 0 Å². The number of furan rings is 1. The fourth-order valence-electron chi connectivity index (χ4n) is 1.22. The van der Waals surface area contributed by atoms with Crippen LogP contribution in [0.1, 0.15) is 21.0 Å². The number of primary amides is 1. The van der Waals surface area contributed by atoms with Gasteiger partial charge < -0.3 is 15.3 Å². The number of carbonyl (C=O) groups excluding carboxylic acids is 1. The van der Waals surface area contributed by atoms with E-state index >= 15 is 0 Å². The fraction of sp³-hybridized carbons (Fsp3) is 0. The Bertz CT molecular complexity index is 609. The van der Waals surface area contributed by atoms with Gasteiger partial charge in [-0.15, -0.1) is 0 Å². The molecule has 1 amide bonds. The van der Waals surface area contributed by atoms with Gasteiger partial charge in [0, 0.05) is 11.1 Å². The molecule has 0 aliphatic heterocycles. The third kappa shape index (κ3) is 2.69. The maximum atomic E-state index is 10.9. The summed E-state index contributed by atoms with van der Waals surface area (Å²) < 4.78 is 5.08. The Labute approximate surface area is 106 Å². The van der Waals surface area contributed by atoms with Crippen molar-refractivity contribution in [2.24, 2.45) is 5.73 Å². The molecule has 2 aromatic rings. The maximum Gasteiger partial charge on any atom is 0.371 e. The van der Waals surface area contributed by atoms with Crippen LogP contribution in [0, 0.1) is 0 Å². The van der Waals surface area contributed by atoms with E-state index in [1.807, 2.05) is 0 Å². The Hall–Kier alpha value is -2.28. The summed E-state index contributed by atoms with van der Waals surface area (Å²) in [6.07, 6.45) is 1.45. The lowest BCUT2D eigenvalue weighted by atomic mass is 10.3. The second-order valence-corrected chi connectivity index (χ2v) is 4.34. The first-order valence-corrected chi connectivity index (χ1v) is 5.65. The second kappa shape index (κ2) is 4.92. The van der Waals surface area contributed by atoms with Crippen LogP contribution in [0.15, 0.2) is 44.9 Å². The predicted octanol–water partition coefficient (Wildman–Crippen LogP) is 1.62. The summed E-state index contributed by atoms with van der Waals surface area (Å²) in [6, 6.07) is 6.08. The van der Waals surface area contributed by atoms with Crippen molar-refractivity contribution in [1.82, 2.24) is 4.98 Å². The van der Waals surface area contributed by atoms with E-state index in [1.165, 1.54) is 30.1 Å². The van der Waals surface area contributed by atoms with E-state index < -0.39 is 11.9 Å². The molecule has 0 atom stereocenters. The number of nitrogens with zero attached hydrogens (tertiary/aromatic N) is 1. The summed E-state index contributed by atoms with van der Waals surface area (Å²) in [7, 11) is 0. The van der Waals surface area contributed by atoms with E-state index in [9.17, 15) is 9.59 Å². The first-order valence-electron chi connectivity index (χ1n) is 4.83. The molecule has 0 fully saturated rings. The van der Waals surface area contributed by atoms with E-state index in [0.29, 0.717) is 9.99 Å². The highest BCUT2D eigenvalue weighted by Gasteiger charge is 2.11. The number of carbonyl (C=O) groups is 2. The summed E-state index contributed by atoms with van der Waals surface area (Å²) >= 11 is 1.18. The highest BCUT2D eigenvalue weighted by atomic mass is 32.2. The first kappa shape index (κ1) is 12.2. The molecule has 2 heterocycles. The van der Waals surface area contributed by atoms with E-state index in [-0.39, 0.29) is 11.5 Å². The molecule has 3 N–H and O–H groups in total. The molecule has 7 heteroatoms. The van der Waals surface area contributed by atoms with Gasteiger partial charge in [0.2, 0.25) is 5.76 Å². The minimum absolute atomic E-state index is 0.137. The van der Waals surface area contributed by atoms with Crippen LogP contribution in [0.25, 0.3) is 0 Å². The van der Waals surface area contributed by atoms with Gasteiger partial charge in [-0.3, -0.25) is 9.78 Å². The lowest BCUT2D eigenvalue weighted by Gasteiger charge is -1.99. The van der Waals surface area contributed by atoms with Gasteiger partial charge in [-0.05, 0) is 24.3 Å². The Morgan fingerprint density at radius 3 is 2.72 bits per heavy atom. The minimum Gasteiger partial charge on any atom is -0.475 e. The van der Waals surface area contributed by atoms with Gasteiger partial charge in [-0.1, -0.05) is 11.8 Å². The van der Waals surface area contributed by atoms with Crippen molar-refractivity contribution in [3.63, 3.8) is 0 Å². The predicted molar refractivity (Wildman–Crippen MR) is 62.5 cm³/mol. The number of rotatable bonds is 4. The number of pyridine rings is 1. The molecule has 0 saturated heterocycles. The summed E-state index contributed by atoms with van der Waals surface area (Å²) in [5.74, 6) is -1.89. The standard InChI is InChI=1S/C11H8N2O4S/c12-10(14)7-5-6(3-4-13-7)18-9-2-1-8(17-9)11(15)16/h1-5H,(H2,12,14)(H,15,16). The average Bonchev–Trinajstić information content (AvgIpc) is 2.78. The van der Waals surface area contributed by atoms with Crippen molar-refractivity contribution >= 4 is 23.6 Å². The fourth-order valence-corrected chi connectivity index (χ4v) is 2.01. The molecule has 92 valence electrons. The molecule has 0 radical (unpaired) electrons. The van der Waals surface area contributed by atoms with Crippen molar-refractivity contribution in [2.45, 2.75) is 9.99 Å². The van der Waals surface area contributed by atoms with Gasteiger partial charge in [-0.2, -0.15) is 0 Å². The molecule has 0 aliphatic rings. The minimum atomic E-state index is -1.13. The highest BCUT2D eigenvalue weighted by molar-refractivity contribution is 7.99. The van der Waals surface area contributed by atoms with Crippen LogP contribution < -0.4 is 5.73 Å². The number of aromatic carboxylic acids is 1. The van der Waals surface area contributed by atoms with Crippen molar-refractivity contribution < 1.29 is 19.1 Å². The summed E-state index contributed by atoms with van der Waals surface area (Å²) in [6.45, 7) is 0. The van der Waals surface area contributed by atoms with Crippen LogP contribution in [0.5, 0.6) is 0 Å². The van der Waals surface area contributed by atoms with E-state index in [0.717, 1.165) is 0 Å². The van der Waals surface area contributed by atoms with E-state index in [2.05, 4.69) is 4.98 Å². The Morgan fingerprint density at radius 2 is 2.11 bits per heavy atom. The number of hydrogen-bond donors (Lipinski definition) is 2. The Morgan fingerprint density at radius 1 is 1.33 bits per heavy atom. The van der Waals surface area contributed by atoms with Crippen LogP contribution in [0.2, 0.25) is 0 Å². The third-order valence-corrected chi connectivity index (χ3v) is 2.90.